The van der Waals surface area contributed by atoms with Crippen molar-refractivity contribution in [2.45, 2.75) is 19.4 Å². The number of para-hydroxylation sites is 1. The molecule has 0 unspecified atom stereocenters. The average molecular weight is 281 g/mol. The molecule has 3 heteroatoms. The second-order valence-corrected chi connectivity index (χ2v) is 4.61. The van der Waals surface area contributed by atoms with Crippen molar-refractivity contribution in [3.05, 3.63) is 72.3 Å². The summed E-state index contributed by atoms with van der Waals surface area (Å²) in [6.07, 6.45) is 3.91. The maximum Gasteiger partial charge on any atom is 0.412 e. The van der Waals surface area contributed by atoms with Gasteiger partial charge in [-0.25, -0.2) is 4.79 Å². The molecule has 0 fully saturated rings. The Morgan fingerprint density at radius 2 is 1.71 bits per heavy atom. The van der Waals surface area contributed by atoms with E-state index in [1.165, 1.54) is 0 Å². The Hall–Kier alpha value is -2.55. The molecule has 1 atom stereocenters. The third kappa shape index (κ3) is 5.15. The summed E-state index contributed by atoms with van der Waals surface area (Å²) in [4.78, 5) is 11.8. The van der Waals surface area contributed by atoms with E-state index >= 15 is 0 Å². The molecule has 0 bridgehead atoms. The Kier molecular flexibility index (Phi) is 5.59. The van der Waals surface area contributed by atoms with Gasteiger partial charge in [-0.3, -0.25) is 5.32 Å². The van der Waals surface area contributed by atoms with Gasteiger partial charge in [-0.1, -0.05) is 61.5 Å². The topological polar surface area (TPSA) is 38.3 Å². The molecule has 0 saturated carbocycles. The Balaban J connectivity index is 1.90. The van der Waals surface area contributed by atoms with E-state index < -0.39 is 6.09 Å². The molecule has 0 heterocycles. The number of ether oxygens (including phenoxy) is 1. The van der Waals surface area contributed by atoms with E-state index in [0.29, 0.717) is 0 Å². The zero-order valence-electron chi connectivity index (χ0n) is 12.0. The van der Waals surface area contributed by atoms with Gasteiger partial charge in [0.25, 0.3) is 0 Å². The Morgan fingerprint density at radius 1 is 1.10 bits per heavy atom. The predicted octanol–water partition coefficient (Wildman–Crippen LogP) is 4.73. The molecule has 2 aromatic rings. The highest BCUT2D eigenvalue weighted by molar-refractivity contribution is 5.84. The van der Waals surface area contributed by atoms with E-state index in [2.05, 4.69) is 5.32 Å². The van der Waals surface area contributed by atoms with Crippen LogP contribution in [0.3, 0.4) is 0 Å². The van der Waals surface area contributed by atoms with Crippen molar-refractivity contribution in [3.8, 4) is 0 Å². The largest absolute Gasteiger partial charge is 0.442 e. The highest BCUT2D eigenvalue weighted by atomic mass is 16.6. The minimum atomic E-state index is -0.439. The van der Waals surface area contributed by atoms with Crippen LogP contribution in [-0.4, -0.2) is 12.2 Å². The Morgan fingerprint density at radius 3 is 2.33 bits per heavy atom. The van der Waals surface area contributed by atoms with E-state index in [1.54, 1.807) is 0 Å². The van der Waals surface area contributed by atoms with E-state index in [1.807, 2.05) is 79.7 Å². The number of carbonyl (C=O) groups is 1. The van der Waals surface area contributed by atoms with Crippen molar-refractivity contribution in [2.75, 3.05) is 5.32 Å². The Labute approximate surface area is 125 Å². The van der Waals surface area contributed by atoms with Gasteiger partial charge in [0, 0.05) is 5.69 Å². The fourth-order valence-corrected chi connectivity index (χ4v) is 1.85. The first kappa shape index (κ1) is 14.9. The molecule has 1 N–H and O–H groups in total. The maximum absolute atomic E-state index is 11.8. The second-order valence-electron chi connectivity index (χ2n) is 4.61. The second kappa shape index (κ2) is 7.90. The lowest BCUT2D eigenvalue weighted by molar-refractivity contribution is 0.132. The first-order chi connectivity index (χ1) is 10.3. The molecule has 0 saturated heterocycles. The van der Waals surface area contributed by atoms with E-state index in [-0.39, 0.29) is 6.10 Å². The smallest absolute Gasteiger partial charge is 0.412 e. The van der Waals surface area contributed by atoms with Crippen molar-refractivity contribution in [2.24, 2.45) is 0 Å². The molecule has 108 valence electrons. The summed E-state index contributed by atoms with van der Waals surface area (Å²) in [6, 6.07) is 19.2. The van der Waals surface area contributed by atoms with Crippen LogP contribution in [0.5, 0.6) is 0 Å². The number of amides is 1. The SMILES string of the molecule is CC[C@H](/C=C/c1ccccc1)OC(=O)Nc1ccccc1. The van der Waals surface area contributed by atoms with Crippen LogP contribution in [0, 0.1) is 0 Å². The third-order valence-electron chi connectivity index (χ3n) is 2.98. The molecule has 2 aromatic carbocycles. The number of benzene rings is 2. The molecule has 3 nitrogen and oxygen atoms in total. The molecule has 0 spiro atoms. The number of hydrogen-bond acceptors (Lipinski definition) is 2. The van der Waals surface area contributed by atoms with Crippen molar-refractivity contribution in [3.63, 3.8) is 0 Å². The zero-order chi connectivity index (χ0) is 14.9. The van der Waals surface area contributed by atoms with Crippen LogP contribution >= 0.6 is 0 Å². The van der Waals surface area contributed by atoms with E-state index in [9.17, 15) is 4.79 Å². The number of nitrogens with one attached hydrogen (secondary N) is 1. The summed E-state index contributed by atoms with van der Waals surface area (Å²) in [5, 5.41) is 2.71. The van der Waals surface area contributed by atoms with Crippen molar-refractivity contribution in [1.82, 2.24) is 0 Å². The summed E-state index contributed by atoms with van der Waals surface area (Å²) in [5.41, 5.74) is 1.81. The van der Waals surface area contributed by atoms with Crippen LogP contribution in [0.25, 0.3) is 6.08 Å². The minimum Gasteiger partial charge on any atom is -0.442 e. The van der Waals surface area contributed by atoms with Gasteiger partial charge in [-0.15, -0.1) is 0 Å². The Bertz CT molecular complexity index is 579. The van der Waals surface area contributed by atoms with E-state index in [4.69, 9.17) is 4.74 Å². The van der Waals surface area contributed by atoms with Crippen LogP contribution < -0.4 is 5.32 Å². The summed E-state index contributed by atoms with van der Waals surface area (Å²) in [7, 11) is 0. The normalized spacial score (nSPS) is 12.0. The van der Waals surface area contributed by atoms with Crippen LogP contribution in [0.15, 0.2) is 66.7 Å². The first-order valence-corrected chi connectivity index (χ1v) is 7.04. The molecule has 0 aromatic heterocycles. The molecule has 0 aliphatic carbocycles. The highest BCUT2D eigenvalue weighted by Gasteiger charge is 2.09. The van der Waals surface area contributed by atoms with Crippen LogP contribution in [-0.2, 0) is 4.74 Å². The van der Waals surface area contributed by atoms with Gasteiger partial charge in [0.2, 0.25) is 0 Å². The maximum atomic E-state index is 11.8. The average Bonchev–Trinajstić information content (AvgIpc) is 2.53. The van der Waals surface area contributed by atoms with Crippen LogP contribution in [0.2, 0.25) is 0 Å². The van der Waals surface area contributed by atoms with Gasteiger partial charge in [0.05, 0.1) is 0 Å². The molecule has 21 heavy (non-hydrogen) atoms. The number of rotatable bonds is 5. The number of anilines is 1. The van der Waals surface area contributed by atoms with Gasteiger partial charge in [0.1, 0.15) is 6.10 Å². The summed E-state index contributed by atoms with van der Waals surface area (Å²) in [5.74, 6) is 0. The number of carbonyl (C=O) groups excluding carboxylic acids is 1. The molecule has 0 aliphatic rings. The molecular weight excluding hydrogens is 262 g/mol. The number of hydrogen-bond donors (Lipinski definition) is 1. The van der Waals surface area contributed by atoms with Gasteiger partial charge in [-0.2, -0.15) is 0 Å². The zero-order valence-corrected chi connectivity index (χ0v) is 12.0. The predicted molar refractivity (Wildman–Crippen MR) is 86.1 cm³/mol. The lowest BCUT2D eigenvalue weighted by Crippen LogP contribution is -2.20. The lowest BCUT2D eigenvalue weighted by Gasteiger charge is -2.13. The van der Waals surface area contributed by atoms with Crippen LogP contribution in [0.4, 0.5) is 10.5 Å². The summed E-state index contributed by atoms with van der Waals surface area (Å²) >= 11 is 0. The van der Waals surface area contributed by atoms with Gasteiger partial charge in [0.15, 0.2) is 0 Å². The van der Waals surface area contributed by atoms with Crippen molar-refractivity contribution >= 4 is 17.9 Å². The van der Waals surface area contributed by atoms with Gasteiger partial charge >= 0.3 is 6.09 Å². The van der Waals surface area contributed by atoms with E-state index in [0.717, 1.165) is 17.7 Å². The fourth-order valence-electron chi connectivity index (χ4n) is 1.85. The summed E-state index contributed by atoms with van der Waals surface area (Å²) in [6.45, 7) is 1.98. The molecular formula is C18H19NO2. The third-order valence-corrected chi connectivity index (χ3v) is 2.98. The van der Waals surface area contributed by atoms with Gasteiger partial charge in [-0.05, 0) is 30.2 Å². The molecule has 0 radical (unpaired) electrons. The quantitative estimate of drug-likeness (QED) is 0.860. The first-order valence-electron chi connectivity index (χ1n) is 7.04. The molecule has 1 amide bonds. The summed E-state index contributed by atoms with van der Waals surface area (Å²) < 4.78 is 5.39. The minimum absolute atomic E-state index is 0.242. The monoisotopic (exact) mass is 281 g/mol. The van der Waals surface area contributed by atoms with Gasteiger partial charge < -0.3 is 4.74 Å². The van der Waals surface area contributed by atoms with Crippen molar-refractivity contribution in [1.29, 1.82) is 0 Å². The molecule has 2 rings (SSSR count). The highest BCUT2D eigenvalue weighted by Crippen LogP contribution is 2.09. The molecule has 0 aliphatic heterocycles. The van der Waals surface area contributed by atoms with Crippen LogP contribution in [0.1, 0.15) is 18.9 Å². The van der Waals surface area contributed by atoms with Crippen molar-refractivity contribution < 1.29 is 9.53 Å². The lowest BCUT2D eigenvalue weighted by atomic mass is 10.1. The fraction of sp³-hybridized carbons (Fsp3) is 0.167. The standard InChI is InChI=1S/C18H19NO2/c1-2-17(14-13-15-9-5-3-6-10-15)21-18(20)19-16-11-7-4-8-12-16/h3-14,17H,2H2,1H3,(H,19,20)/b14-13+/t17-/m1/s1.